The Morgan fingerprint density at radius 1 is 1.21 bits per heavy atom. The molecule has 0 amide bonds. The molecule has 2 spiro atoms. The van der Waals surface area contributed by atoms with E-state index in [-0.39, 0.29) is 11.5 Å². The van der Waals surface area contributed by atoms with Gasteiger partial charge in [0.2, 0.25) is 11.7 Å². The van der Waals surface area contributed by atoms with Crippen molar-refractivity contribution in [3.05, 3.63) is 65.0 Å². The minimum Gasteiger partial charge on any atom is -0.393 e. The van der Waals surface area contributed by atoms with Gasteiger partial charge in [-0.2, -0.15) is 0 Å². The maximum atomic E-state index is 10.1. The topological polar surface area (TPSA) is 75.4 Å². The van der Waals surface area contributed by atoms with Gasteiger partial charge >= 0.3 is 0 Å². The van der Waals surface area contributed by atoms with Gasteiger partial charge in [0.25, 0.3) is 0 Å². The van der Waals surface area contributed by atoms with Crippen LogP contribution in [0.1, 0.15) is 36.8 Å². The van der Waals surface area contributed by atoms with Crippen LogP contribution in [0.2, 0.25) is 0 Å². The van der Waals surface area contributed by atoms with Crippen LogP contribution < -0.4 is 5.73 Å². The van der Waals surface area contributed by atoms with Gasteiger partial charge in [0.05, 0.1) is 12.7 Å². The number of aliphatic imine (C=N–C) groups is 1. The van der Waals surface area contributed by atoms with Crippen LogP contribution in [0.15, 0.2) is 47.5 Å². The third kappa shape index (κ3) is 2.58. The van der Waals surface area contributed by atoms with Gasteiger partial charge in [-0.25, -0.2) is 19.7 Å². The summed E-state index contributed by atoms with van der Waals surface area (Å²) in [4.78, 5) is 14.8. The van der Waals surface area contributed by atoms with Gasteiger partial charge in [-0.3, -0.25) is 0 Å². The fourth-order valence-electron chi connectivity index (χ4n) is 5.24. The van der Waals surface area contributed by atoms with Crippen molar-refractivity contribution >= 4 is 11.6 Å². The predicted octanol–water partition coefficient (Wildman–Crippen LogP) is 3.73. The van der Waals surface area contributed by atoms with E-state index in [0.717, 1.165) is 48.8 Å². The highest BCUT2D eigenvalue weighted by atomic mass is 16.7. The predicted molar refractivity (Wildman–Crippen MR) is 111 cm³/mol. The molecule has 2 aliphatic carbocycles. The van der Waals surface area contributed by atoms with Crippen LogP contribution in [0.5, 0.6) is 0 Å². The highest BCUT2D eigenvalue weighted by Crippen LogP contribution is 2.62. The highest BCUT2D eigenvalue weighted by Gasteiger charge is 2.63. The Bertz CT molecular complexity index is 1050. The first-order chi connectivity index (χ1) is 14.0. The number of nitrogens with zero attached hydrogens (tertiary/aromatic N) is 3. The fraction of sp³-hybridized carbons (Fsp3) is 0.391. The minimum absolute atomic E-state index is 0.207. The molecule has 3 aliphatic rings. The molecule has 2 aromatic rings. The molecule has 1 fully saturated rings. The molecular weight excluding hydrogens is 364 g/mol. The summed E-state index contributed by atoms with van der Waals surface area (Å²) in [7, 11) is 1.79. The summed E-state index contributed by atoms with van der Waals surface area (Å²) in [5.41, 5.74) is 10.0. The van der Waals surface area contributed by atoms with Gasteiger partial charge < -0.3 is 10.8 Å². The van der Waals surface area contributed by atoms with E-state index >= 15 is 0 Å². The largest absolute Gasteiger partial charge is 0.393 e. The Morgan fingerprint density at radius 2 is 1.97 bits per heavy atom. The van der Waals surface area contributed by atoms with Gasteiger partial charge in [-0.05, 0) is 60.9 Å². The smallest absolute Gasteiger partial charge is 0.220 e. The lowest BCUT2D eigenvalue weighted by Crippen LogP contribution is -2.46. The molecule has 0 saturated heterocycles. The lowest BCUT2D eigenvalue weighted by Gasteiger charge is -2.44. The van der Waals surface area contributed by atoms with Crippen molar-refractivity contribution in [2.45, 2.75) is 43.9 Å². The number of guanidine groups is 1. The highest BCUT2D eigenvalue weighted by molar-refractivity contribution is 5.79. The van der Waals surface area contributed by atoms with Gasteiger partial charge in [0.15, 0.2) is 5.69 Å². The maximum absolute atomic E-state index is 10.1. The Morgan fingerprint density at radius 3 is 2.66 bits per heavy atom. The zero-order valence-corrected chi connectivity index (χ0v) is 16.4. The van der Waals surface area contributed by atoms with Crippen molar-refractivity contribution in [1.29, 1.82) is 0 Å². The van der Waals surface area contributed by atoms with Crippen LogP contribution in [-0.2, 0) is 17.0 Å². The van der Waals surface area contributed by atoms with E-state index in [2.05, 4.69) is 23.0 Å². The molecule has 0 aromatic heterocycles. The van der Waals surface area contributed by atoms with E-state index < -0.39 is 5.72 Å². The number of hydroxylamine groups is 2. The summed E-state index contributed by atoms with van der Waals surface area (Å²) >= 11 is 0. The maximum Gasteiger partial charge on any atom is 0.220 e. The molecule has 5 rings (SSSR count). The number of hydrogen-bond donors (Lipinski definition) is 2. The Labute approximate surface area is 170 Å². The number of hydrogen-bond acceptors (Lipinski definition) is 5. The first-order valence-corrected chi connectivity index (χ1v) is 10.0. The van der Waals surface area contributed by atoms with Gasteiger partial charge in [-0.15, -0.1) is 0 Å². The molecule has 1 unspecified atom stereocenters. The molecule has 0 radical (unpaired) electrons. The number of fused-ring (bicyclic) bond motifs is 3. The van der Waals surface area contributed by atoms with E-state index in [4.69, 9.17) is 22.1 Å². The van der Waals surface area contributed by atoms with Crippen molar-refractivity contribution in [1.82, 2.24) is 5.06 Å². The van der Waals surface area contributed by atoms with Crippen LogP contribution in [0.25, 0.3) is 16.0 Å². The third-order valence-electron chi connectivity index (χ3n) is 6.81. The van der Waals surface area contributed by atoms with E-state index in [1.54, 1.807) is 12.1 Å². The third-order valence-corrected chi connectivity index (χ3v) is 6.81. The molecule has 0 bridgehead atoms. The summed E-state index contributed by atoms with van der Waals surface area (Å²) in [5.74, 6) is 0.378. The number of benzene rings is 2. The van der Waals surface area contributed by atoms with Crippen molar-refractivity contribution in [3.63, 3.8) is 0 Å². The SMILES string of the molecule is [C-]#[N+]c1cccc(-c2ccc3c(c2)C2(N=C(N)N(C)O2)C2(CCC(O)CC2)C3)c1. The number of aliphatic hydroxyl groups is 1. The molecule has 148 valence electrons. The number of rotatable bonds is 1. The van der Waals surface area contributed by atoms with Gasteiger partial charge in [-0.1, -0.05) is 30.3 Å². The van der Waals surface area contributed by atoms with E-state index in [1.165, 1.54) is 5.56 Å². The molecule has 3 N–H and O–H groups in total. The normalized spacial score (nSPS) is 30.4. The Hall–Kier alpha value is -2.88. The van der Waals surface area contributed by atoms with Crippen LogP contribution in [-0.4, -0.2) is 29.3 Å². The van der Waals surface area contributed by atoms with Crippen LogP contribution in [0.4, 0.5) is 5.69 Å². The monoisotopic (exact) mass is 388 g/mol. The molecular formula is C23H24N4O2. The molecule has 1 aliphatic heterocycles. The standard InChI is InChI=1S/C23H24N4O2/c1-25-18-5-3-4-15(12-18)16-6-7-17-14-22(10-8-19(28)9-11-22)23(20(17)13-16)26-21(24)27(2)29-23/h3-7,12-13,19,28H,8-11,14H2,2H3,(H2,24,26). The lowest BCUT2D eigenvalue weighted by molar-refractivity contribution is -0.231. The average molecular weight is 388 g/mol. The molecule has 6 nitrogen and oxygen atoms in total. The van der Waals surface area contributed by atoms with Crippen LogP contribution >= 0.6 is 0 Å². The van der Waals surface area contributed by atoms with Crippen molar-refractivity contribution < 1.29 is 9.94 Å². The first kappa shape index (κ1) is 18.2. The molecule has 6 heteroatoms. The van der Waals surface area contributed by atoms with Gasteiger partial charge in [0.1, 0.15) is 0 Å². The van der Waals surface area contributed by atoms with E-state index in [0.29, 0.717) is 11.6 Å². The molecule has 2 aromatic carbocycles. The first-order valence-electron chi connectivity index (χ1n) is 10.0. The van der Waals surface area contributed by atoms with Crippen LogP contribution in [0.3, 0.4) is 0 Å². The molecule has 1 heterocycles. The Kier molecular flexibility index (Phi) is 3.95. The lowest BCUT2D eigenvalue weighted by atomic mass is 9.67. The zero-order valence-electron chi connectivity index (χ0n) is 16.4. The summed E-state index contributed by atoms with van der Waals surface area (Å²) < 4.78 is 0. The van der Waals surface area contributed by atoms with E-state index in [9.17, 15) is 5.11 Å². The second kappa shape index (κ2) is 6.31. The molecule has 1 saturated carbocycles. The quantitative estimate of drug-likeness (QED) is 0.730. The summed E-state index contributed by atoms with van der Waals surface area (Å²) in [5, 5.41) is 11.7. The molecule has 29 heavy (non-hydrogen) atoms. The van der Waals surface area contributed by atoms with Gasteiger partial charge in [0, 0.05) is 18.0 Å². The van der Waals surface area contributed by atoms with Crippen LogP contribution in [0, 0.1) is 12.0 Å². The average Bonchev–Trinajstić information content (AvgIpc) is 3.18. The Balaban J connectivity index is 1.65. The van der Waals surface area contributed by atoms with Crippen molar-refractivity contribution in [3.8, 4) is 11.1 Å². The minimum atomic E-state index is -0.852. The number of aliphatic hydroxyl groups excluding tert-OH is 1. The number of nitrogens with two attached hydrogens (primary N) is 1. The zero-order chi connectivity index (χ0) is 20.2. The fourth-order valence-corrected chi connectivity index (χ4v) is 5.24. The summed E-state index contributed by atoms with van der Waals surface area (Å²) in [6, 6.07) is 14.1. The van der Waals surface area contributed by atoms with E-state index in [1.807, 2.05) is 24.3 Å². The summed E-state index contributed by atoms with van der Waals surface area (Å²) in [6.07, 6.45) is 3.79. The second-order valence-electron chi connectivity index (χ2n) is 8.43. The molecule has 1 atom stereocenters. The van der Waals surface area contributed by atoms with Crippen molar-refractivity contribution in [2.75, 3.05) is 7.05 Å². The van der Waals surface area contributed by atoms with Crippen molar-refractivity contribution in [2.24, 2.45) is 16.1 Å². The second-order valence-corrected chi connectivity index (χ2v) is 8.43. The summed E-state index contributed by atoms with van der Waals surface area (Å²) in [6.45, 7) is 7.29.